The van der Waals surface area contributed by atoms with E-state index in [0.717, 1.165) is 31.2 Å². The molecule has 1 saturated heterocycles. The van der Waals surface area contributed by atoms with Gasteiger partial charge in [0.1, 0.15) is 6.17 Å². The molecule has 4 rings (SSSR count). The molecule has 0 bridgehead atoms. The van der Waals surface area contributed by atoms with Crippen molar-refractivity contribution in [2.24, 2.45) is 5.92 Å². The predicted molar refractivity (Wildman–Crippen MR) is 115 cm³/mol. The first-order chi connectivity index (χ1) is 14.7. The molecule has 2 amide bonds. The molecule has 1 saturated carbocycles. The first-order valence-electron chi connectivity index (χ1n) is 10.5. The van der Waals surface area contributed by atoms with Crippen molar-refractivity contribution in [3.05, 3.63) is 65.7 Å². The highest BCUT2D eigenvalue weighted by atomic mass is 16.2. The smallest absolute Gasteiger partial charge is 0.251 e. The molecule has 2 aromatic rings. The van der Waals surface area contributed by atoms with Crippen molar-refractivity contribution in [1.29, 1.82) is 0 Å². The van der Waals surface area contributed by atoms with Crippen molar-refractivity contribution < 1.29 is 9.59 Å². The Kier molecular flexibility index (Phi) is 6.70. The third kappa shape index (κ3) is 5.03. The van der Waals surface area contributed by atoms with Crippen molar-refractivity contribution >= 4 is 17.5 Å². The van der Waals surface area contributed by atoms with Gasteiger partial charge in [0.15, 0.2) is 0 Å². The van der Waals surface area contributed by atoms with Gasteiger partial charge in [0.05, 0.1) is 6.04 Å². The van der Waals surface area contributed by atoms with Crippen molar-refractivity contribution in [2.45, 2.75) is 44.3 Å². The Bertz CT molecular complexity index is 863. The number of amides is 2. The Hall–Kier alpha value is -2.78. The van der Waals surface area contributed by atoms with E-state index < -0.39 is 0 Å². The van der Waals surface area contributed by atoms with E-state index in [0.29, 0.717) is 11.3 Å². The maximum Gasteiger partial charge on any atom is 0.251 e. The Labute approximate surface area is 176 Å². The fraction of sp³-hybridized carbons (Fsp3) is 0.364. The molecule has 1 aliphatic carbocycles. The van der Waals surface area contributed by atoms with E-state index >= 15 is 0 Å². The van der Waals surface area contributed by atoms with Gasteiger partial charge >= 0.3 is 0 Å². The zero-order valence-corrected chi connectivity index (χ0v) is 16.8. The average Bonchev–Trinajstić information content (AvgIpc) is 3.33. The SMILES string of the molecule is O=C(NC(c1ccccc1)C1NNNN1)c1cccc(NC(=O)C2CCCCC2)c1. The highest BCUT2D eigenvalue weighted by Crippen LogP contribution is 2.25. The van der Waals surface area contributed by atoms with Crippen molar-refractivity contribution in [3.63, 3.8) is 0 Å². The van der Waals surface area contributed by atoms with Crippen molar-refractivity contribution in [3.8, 4) is 0 Å². The summed E-state index contributed by atoms with van der Waals surface area (Å²) in [5.41, 5.74) is 13.8. The fourth-order valence-electron chi connectivity index (χ4n) is 4.02. The minimum absolute atomic E-state index is 0.0472. The van der Waals surface area contributed by atoms with Crippen LogP contribution in [0.4, 0.5) is 5.69 Å². The van der Waals surface area contributed by atoms with Crippen LogP contribution in [0.2, 0.25) is 0 Å². The minimum atomic E-state index is -0.318. The number of rotatable bonds is 6. The standard InChI is InChI=1S/C22H28N6O2/c29-21(16-10-5-2-6-11-16)23-18-13-7-12-17(14-18)22(30)24-19(20-25-27-28-26-20)15-8-3-1-4-9-15/h1,3-4,7-9,12-14,16,19-20,25-28H,2,5-6,10-11H2,(H,23,29)(H,24,30). The molecule has 0 spiro atoms. The third-order valence-electron chi connectivity index (χ3n) is 5.66. The molecule has 8 nitrogen and oxygen atoms in total. The number of hydrogen-bond acceptors (Lipinski definition) is 6. The summed E-state index contributed by atoms with van der Waals surface area (Å²) in [6.07, 6.45) is 5.05. The van der Waals surface area contributed by atoms with E-state index in [9.17, 15) is 9.59 Å². The maximum atomic E-state index is 13.0. The maximum absolute atomic E-state index is 13.0. The van der Waals surface area contributed by atoms with E-state index in [2.05, 4.69) is 32.6 Å². The second kappa shape index (κ2) is 9.82. The Morgan fingerprint density at radius 2 is 1.63 bits per heavy atom. The number of hydrazine groups is 3. The molecule has 2 aromatic carbocycles. The number of anilines is 1. The lowest BCUT2D eigenvalue weighted by molar-refractivity contribution is -0.120. The summed E-state index contributed by atoms with van der Waals surface area (Å²) >= 11 is 0. The van der Waals surface area contributed by atoms with Crippen LogP contribution in [0, 0.1) is 5.92 Å². The average molecular weight is 409 g/mol. The number of carbonyl (C=O) groups excluding carboxylic acids is 2. The van der Waals surface area contributed by atoms with E-state index in [1.54, 1.807) is 18.2 Å². The molecule has 1 atom stereocenters. The monoisotopic (exact) mass is 408 g/mol. The van der Waals surface area contributed by atoms with Gasteiger partial charge in [0.25, 0.3) is 5.91 Å². The summed E-state index contributed by atoms with van der Waals surface area (Å²) in [5.74, 6) is -0.0998. The fourth-order valence-corrected chi connectivity index (χ4v) is 4.02. The largest absolute Gasteiger partial charge is 0.342 e. The van der Waals surface area contributed by atoms with Gasteiger partial charge < -0.3 is 10.6 Å². The lowest BCUT2D eigenvalue weighted by atomic mass is 9.88. The topological polar surface area (TPSA) is 106 Å². The summed E-state index contributed by atoms with van der Waals surface area (Å²) < 4.78 is 0. The van der Waals surface area contributed by atoms with Crippen LogP contribution in [0.15, 0.2) is 54.6 Å². The summed E-state index contributed by atoms with van der Waals surface area (Å²) in [5, 5.41) is 6.06. The number of carbonyl (C=O) groups is 2. The molecule has 1 aliphatic heterocycles. The molecule has 2 aliphatic rings. The van der Waals surface area contributed by atoms with E-state index in [1.165, 1.54) is 6.42 Å². The van der Waals surface area contributed by atoms with E-state index in [1.807, 2.05) is 36.4 Å². The summed E-state index contributed by atoms with van der Waals surface area (Å²) in [4.78, 5) is 25.5. The lowest BCUT2D eigenvalue weighted by Crippen LogP contribution is -2.47. The molecule has 1 unspecified atom stereocenters. The van der Waals surface area contributed by atoms with Gasteiger partial charge in [0.2, 0.25) is 5.91 Å². The van der Waals surface area contributed by atoms with Gasteiger partial charge in [-0.25, -0.2) is 10.9 Å². The molecular formula is C22H28N6O2. The van der Waals surface area contributed by atoms with Gasteiger partial charge in [-0.15, -0.1) is 0 Å². The third-order valence-corrected chi connectivity index (χ3v) is 5.66. The van der Waals surface area contributed by atoms with Gasteiger partial charge in [-0.2, -0.15) is 11.1 Å². The number of benzene rings is 2. The van der Waals surface area contributed by atoms with Gasteiger partial charge in [-0.3, -0.25) is 9.59 Å². The molecule has 6 N–H and O–H groups in total. The highest BCUT2D eigenvalue weighted by molar-refractivity contribution is 5.97. The second-order valence-corrected chi connectivity index (χ2v) is 7.78. The molecule has 0 radical (unpaired) electrons. The molecule has 158 valence electrons. The minimum Gasteiger partial charge on any atom is -0.342 e. The number of hydrogen-bond donors (Lipinski definition) is 6. The Morgan fingerprint density at radius 3 is 2.37 bits per heavy atom. The lowest BCUT2D eigenvalue weighted by Gasteiger charge is -2.24. The molecule has 30 heavy (non-hydrogen) atoms. The van der Waals surface area contributed by atoms with Crippen molar-refractivity contribution in [2.75, 3.05) is 5.32 Å². The van der Waals surface area contributed by atoms with Crippen molar-refractivity contribution in [1.82, 2.24) is 27.2 Å². The van der Waals surface area contributed by atoms with Gasteiger partial charge in [-0.05, 0) is 36.6 Å². The van der Waals surface area contributed by atoms with Crippen LogP contribution >= 0.6 is 0 Å². The first kappa shape index (κ1) is 20.5. The van der Waals surface area contributed by atoms with E-state index in [-0.39, 0.29) is 29.9 Å². The zero-order valence-electron chi connectivity index (χ0n) is 16.8. The summed E-state index contributed by atoms with van der Waals surface area (Å²) in [6.45, 7) is 0. The predicted octanol–water partition coefficient (Wildman–Crippen LogP) is 2.12. The molecule has 0 aromatic heterocycles. The Balaban J connectivity index is 1.45. The molecule has 8 heteroatoms. The molecule has 1 heterocycles. The van der Waals surface area contributed by atoms with Gasteiger partial charge in [-0.1, -0.05) is 55.7 Å². The van der Waals surface area contributed by atoms with Crippen LogP contribution in [-0.2, 0) is 4.79 Å². The summed E-state index contributed by atoms with van der Waals surface area (Å²) in [6, 6.07) is 16.5. The van der Waals surface area contributed by atoms with Gasteiger partial charge in [0, 0.05) is 17.2 Å². The van der Waals surface area contributed by atoms with Crippen LogP contribution < -0.4 is 32.6 Å². The zero-order chi connectivity index (χ0) is 20.8. The van der Waals surface area contributed by atoms with Crippen LogP contribution in [0.25, 0.3) is 0 Å². The van der Waals surface area contributed by atoms with Crippen LogP contribution in [0.3, 0.4) is 0 Å². The van der Waals surface area contributed by atoms with E-state index in [4.69, 9.17) is 0 Å². The molecule has 2 fully saturated rings. The molecular weight excluding hydrogens is 380 g/mol. The quantitative estimate of drug-likeness (QED) is 0.437. The van der Waals surface area contributed by atoms with Crippen LogP contribution in [0.1, 0.15) is 54.1 Å². The first-order valence-corrected chi connectivity index (χ1v) is 10.5. The van der Waals surface area contributed by atoms with Crippen LogP contribution in [0.5, 0.6) is 0 Å². The Morgan fingerprint density at radius 1 is 0.900 bits per heavy atom. The van der Waals surface area contributed by atoms with Crippen LogP contribution in [-0.4, -0.2) is 18.0 Å². The normalized spacial score (nSPS) is 18.7. The second-order valence-electron chi connectivity index (χ2n) is 7.78. The summed E-state index contributed by atoms with van der Waals surface area (Å²) in [7, 11) is 0. The highest BCUT2D eigenvalue weighted by Gasteiger charge is 2.28. The number of nitrogens with one attached hydrogen (secondary N) is 6.